The van der Waals surface area contributed by atoms with Crippen molar-refractivity contribution in [3.8, 4) is 5.75 Å². The number of aromatic hydroxyl groups is 1. The Kier molecular flexibility index (Phi) is 3.67. The van der Waals surface area contributed by atoms with Crippen LogP contribution in [-0.4, -0.2) is 22.2 Å². The van der Waals surface area contributed by atoms with Gasteiger partial charge in [0.15, 0.2) is 6.04 Å². The van der Waals surface area contributed by atoms with Crippen LogP contribution in [0.25, 0.3) is 0 Å². The standard InChI is InChI=1S/C14H15NO3/c1-2-18-14(17)13(15-9-3-4-10-15)11-5-7-12(16)8-6-11/h3-10,13,16H,2H2,1H3. The highest BCUT2D eigenvalue weighted by molar-refractivity contribution is 5.78. The van der Waals surface area contributed by atoms with Crippen LogP contribution in [0.4, 0.5) is 0 Å². The van der Waals surface area contributed by atoms with Gasteiger partial charge >= 0.3 is 5.97 Å². The van der Waals surface area contributed by atoms with Gasteiger partial charge in [-0.15, -0.1) is 0 Å². The predicted octanol–water partition coefficient (Wildman–Crippen LogP) is 2.35. The van der Waals surface area contributed by atoms with Gasteiger partial charge in [0.25, 0.3) is 0 Å². The number of benzene rings is 1. The molecule has 18 heavy (non-hydrogen) atoms. The molecule has 0 amide bonds. The minimum Gasteiger partial charge on any atom is -0.508 e. The molecule has 0 spiro atoms. The first kappa shape index (κ1) is 12.2. The summed E-state index contributed by atoms with van der Waals surface area (Å²) in [7, 11) is 0. The van der Waals surface area contributed by atoms with Crippen molar-refractivity contribution in [2.45, 2.75) is 13.0 Å². The van der Waals surface area contributed by atoms with Crippen LogP contribution in [-0.2, 0) is 9.53 Å². The Hall–Kier alpha value is -2.23. The molecule has 1 aromatic carbocycles. The summed E-state index contributed by atoms with van der Waals surface area (Å²) in [5.41, 5.74) is 0.780. The van der Waals surface area contributed by atoms with E-state index in [0.29, 0.717) is 6.61 Å². The molecule has 0 saturated heterocycles. The van der Waals surface area contributed by atoms with Gasteiger partial charge in [0, 0.05) is 12.4 Å². The van der Waals surface area contributed by atoms with E-state index < -0.39 is 6.04 Å². The van der Waals surface area contributed by atoms with Gasteiger partial charge in [0.1, 0.15) is 5.75 Å². The minimum atomic E-state index is -0.513. The van der Waals surface area contributed by atoms with Crippen LogP contribution in [0.3, 0.4) is 0 Å². The summed E-state index contributed by atoms with van der Waals surface area (Å²) in [5, 5.41) is 9.29. The third kappa shape index (κ3) is 2.53. The molecule has 1 atom stereocenters. The van der Waals surface area contributed by atoms with Crippen LogP contribution < -0.4 is 0 Å². The lowest BCUT2D eigenvalue weighted by molar-refractivity contribution is -0.145. The molecule has 0 radical (unpaired) electrons. The maximum atomic E-state index is 12.0. The van der Waals surface area contributed by atoms with Gasteiger partial charge < -0.3 is 14.4 Å². The number of esters is 1. The Bertz CT molecular complexity index is 502. The van der Waals surface area contributed by atoms with E-state index in [1.54, 1.807) is 35.8 Å². The second-order valence-corrected chi connectivity index (χ2v) is 3.88. The minimum absolute atomic E-state index is 0.175. The third-order valence-electron chi connectivity index (χ3n) is 2.64. The van der Waals surface area contributed by atoms with Crippen molar-refractivity contribution < 1.29 is 14.6 Å². The smallest absolute Gasteiger partial charge is 0.333 e. The predicted molar refractivity (Wildman–Crippen MR) is 67.3 cm³/mol. The summed E-state index contributed by atoms with van der Waals surface area (Å²) in [6, 6.07) is 9.75. The number of carbonyl (C=O) groups excluding carboxylic acids is 1. The maximum Gasteiger partial charge on any atom is 0.333 e. The van der Waals surface area contributed by atoms with Crippen LogP contribution in [0.1, 0.15) is 18.5 Å². The summed E-state index contributed by atoms with van der Waals surface area (Å²) < 4.78 is 6.87. The number of hydrogen-bond acceptors (Lipinski definition) is 3. The van der Waals surface area contributed by atoms with Crippen molar-refractivity contribution in [3.63, 3.8) is 0 Å². The van der Waals surface area contributed by atoms with Crippen molar-refractivity contribution in [2.24, 2.45) is 0 Å². The van der Waals surface area contributed by atoms with Crippen molar-refractivity contribution >= 4 is 5.97 Å². The number of phenols is 1. The Morgan fingerprint density at radius 2 is 1.89 bits per heavy atom. The second-order valence-electron chi connectivity index (χ2n) is 3.88. The largest absolute Gasteiger partial charge is 0.508 e. The van der Waals surface area contributed by atoms with E-state index in [0.717, 1.165) is 5.56 Å². The monoisotopic (exact) mass is 245 g/mol. The second kappa shape index (κ2) is 5.40. The van der Waals surface area contributed by atoms with Crippen molar-refractivity contribution in [2.75, 3.05) is 6.61 Å². The zero-order valence-electron chi connectivity index (χ0n) is 10.1. The molecule has 1 heterocycles. The quantitative estimate of drug-likeness (QED) is 0.841. The molecule has 94 valence electrons. The summed E-state index contributed by atoms with van der Waals surface area (Å²) >= 11 is 0. The first-order chi connectivity index (χ1) is 8.72. The number of carbonyl (C=O) groups is 1. The van der Waals surface area contributed by atoms with E-state index in [1.165, 1.54) is 0 Å². The van der Waals surface area contributed by atoms with Crippen molar-refractivity contribution in [3.05, 3.63) is 54.4 Å². The van der Waals surface area contributed by atoms with Crippen LogP contribution in [0.2, 0.25) is 0 Å². The number of hydrogen-bond donors (Lipinski definition) is 1. The molecule has 1 unspecified atom stereocenters. The van der Waals surface area contributed by atoms with Crippen LogP contribution in [0.15, 0.2) is 48.8 Å². The van der Waals surface area contributed by atoms with Gasteiger partial charge in [-0.3, -0.25) is 0 Å². The molecule has 0 saturated carbocycles. The molecular formula is C14H15NO3. The Morgan fingerprint density at radius 1 is 1.28 bits per heavy atom. The van der Waals surface area contributed by atoms with E-state index in [-0.39, 0.29) is 11.7 Å². The highest BCUT2D eigenvalue weighted by Crippen LogP contribution is 2.22. The zero-order chi connectivity index (χ0) is 13.0. The van der Waals surface area contributed by atoms with Crippen LogP contribution in [0.5, 0.6) is 5.75 Å². The fraction of sp³-hybridized carbons (Fsp3) is 0.214. The van der Waals surface area contributed by atoms with Crippen molar-refractivity contribution in [1.29, 1.82) is 0 Å². The zero-order valence-corrected chi connectivity index (χ0v) is 10.1. The normalized spacial score (nSPS) is 12.1. The average Bonchev–Trinajstić information content (AvgIpc) is 2.86. The molecular weight excluding hydrogens is 230 g/mol. The van der Waals surface area contributed by atoms with Crippen molar-refractivity contribution in [1.82, 2.24) is 4.57 Å². The van der Waals surface area contributed by atoms with Gasteiger partial charge in [-0.2, -0.15) is 0 Å². The highest BCUT2D eigenvalue weighted by Gasteiger charge is 2.22. The molecule has 1 N–H and O–H groups in total. The molecule has 4 nitrogen and oxygen atoms in total. The SMILES string of the molecule is CCOC(=O)C(c1ccc(O)cc1)n1cccc1. The lowest BCUT2D eigenvalue weighted by Crippen LogP contribution is -2.22. The number of ether oxygens (including phenoxy) is 1. The van der Waals surface area contributed by atoms with Gasteiger partial charge in [-0.25, -0.2) is 4.79 Å². The third-order valence-corrected chi connectivity index (χ3v) is 2.64. The molecule has 1 aromatic heterocycles. The summed E-state index contributed by atoms with van der Waals surface area (Å²) in [6.07, 6.45) is 3.63. The maximum absolute atomic E-state index is 12.0. The molecule has 0 bridgehead atoms. The van der Waals surface area contributed by atoms with E-state index in [9.17, 15) is 9.90 Å². The number of aromatic nitrogens is 1. The fourth-order valence-corrected chi connectivity index (χ4v) is 1.83. The Labute approximate surface area is 105 Å². The Balaban J connectivity index is 2.36. The van der Waals surface area contributed by atoms with E-state index in [1.807, 2.05) is 24.5 Å². The van der Waals surface area contributed by atoms with E-state index in [4.69, 9.17) is 4.74 Å². The summed E-state index contributed by atoms with van der Waals surface area (Å²) in [4.78, 5) is 12.0. The van der Waals surface area contributed by atoms with Crippen LogP contribution >= 0.6 is 0 Å². The Morgan fingerprint density at radius 3 is 2.44 bits per heavy atom. The number of nitrogens with zero attached hydrogens (tertiary/aromatic N) is 1. The molecule has 0 aliphatic heterocycles. The molecule has 0 fully saturated rings. The average molecular weight is 245 g/mol. The fourth-order valence-electron chi connectivity index (χ4n) is 1.83. The summed E-state index contributed by atoms with van der Waals surface area (Å²) in [6.45, 7) is 2.12. The number of rotatable bonds is 4. The van der Waals surface area contributed by atoms with Gasteiger partial charge in [-0.05, 0) is 36.8 Å². The molecule has 4 heteroatoms. The topological polar surface area (TPSA) is 51.5 Å². The number of phenolic OH excluding ortho intramolecular Hbond substituents is 1. The van der Waals surface area contributed by atoms with E-state index in [2.05, 4.69) is 0 Å². The molecule has 0 aliphatic carbocycles. The summed E-state index contributed by atoms with van der Waals surface area (Å²) in [5.74, 6) is -0.131. The van der Waals surface area contributed by atoms with E-state index >= 15 is 0 Å². The van der Waals surface area contributed by atoms with Gasteiger partial charge in [-0.1, -0.05) is 12.1 Å². The molecule has 2 rings (SSSR count). The molecule has 2 aromatic rings. The van der Waals surface area contributed by atoms with Gasteiger partial charge in [0.2, 0.25) is 0 Å². The lowest BCUT2D eigenvalue weighted by Gasteiger charge is -2.17. The lowest BCUT2D eigenvalue weighted by atomic mass is 10.1. The first-order valence-corrected chi connectivity index (χ1v) is 5.80. The molecule has 0 aliphatic rings. The van der Waals surface area contributed by atoms with Gasteiger partial charge in [0.05, 0.1) is 6.61 Å². The highest BCUT2D eigenvalue weighted by atomic mass is 16.5. The first-order valence-electron chi connectivity index (χ1n) is 5.80. The van der Waals surface area contributed by atoms with Crippen LogP contribution in [0, 0.1) is 0 Å².